The summed E-state index contributed by atoms with van der Waals surface area (Å²) in [7, 11) is 0. The van der Waals surface area contributed by atoms with E-state index in [1.54, 1.807) is 12.4 Å². The van der Waals surface area contributed by atoms with Gasteiger partial charge in [0.2, 0.25) is 5.95 Å². The van der Waals surface area contributed by atoms with Crippen molar-refractivity contribution in [2.24, 2.45) is 5.41 Å². The first kappa shape index (κ1) is 18.3. The van der Waals surface area contributed by atoms with E-state index in [1.807, 2.05) is 49.0 Å². The van der Waals surface area contributed by atoms with Crippen LogP contribution in [0, 0.1) is 5.41 Å². The molecular weight excluding hydrogens is 352 g/mol. The summed E-state index contributed by atoms with van der Waals surface area (Å²) in [6.07, 6.45) is 9.39. The summed E-state index contributed by atoms with van der Waals surface area (Å²) in [5.41, 5.74) is 4.73. The number of hydrogen-bond donors (Lipinski definition) is 1. The van der Waals surface area contributed by atoms with E-state index >= 15 is 0 Å². The molecule has 4 rings (SSSR count). The number of nitrogens with zero attached hydrogens (tertiary/aromatic N) is 5. The maximum Gasteiger partial charge on any atom is 0.227 e. The molecule has 1 N–H and O–H groups in total. The van der Waals surface area contributed by atoms with Crippen molar-refractivity contribution in [2.75, 3.05) is 18.5 Å². The van der Waals surface area contributed by atoms with E-state index in [9.17, 15) is 0 Å². The summed E-state index contributed by atoms with van der Waals surface area (Å²) in [5.74, 6) is 0.567. The minimum absolute atomic E-state index is 0.122. The highest BCUT2D eigenvalue weighted by Gasteiger charge is 2.34. The van der Waals surface area contributed by atoms with Crippen LogP contribution in [0.1, 0.15) is 20.8 Å². The van der Waals surface area contributed by atoms with Gasteiger partial charge in [-0.1, -0.05) is 13.0 Å². The van der Waals surface area contributed by atoms with E-state index < -0.39 is 0 Å². The Kier molecular flexibility index (Phi) is 4.92. The lowest BCUT2D eigenvalue weighted by Crippen LogP contribution is -2.43. The SMILES string of the molecule is C/C=C(\C)Nc1nccc(-c2cn(CC3(C)COC3)nc2-c2cccnc2)n1. The van der Waals surface area contributed by atoms with E-state index in [2.05, 4.69) is 28.4 Å². The highest BCUT2D eigenvalue weighted by Crippen LogP contribution is 2.33. The van der Waals surface area contributed by atoms with Crippen LogP contribution >= 0.6 is 0 Å². The lowest BCUT2D eigenvalue weighted by Gasteiger charge is -2.37. The Morgan fingerprint density at radius 2 is 2.18 bits per heavy atom. The quantitative estimate of drug-likeness (QED) is 0.705. The van der Waals surface area contributed by atoms with Crippen LogP contribution in [0.4, 0.5) is 5.95 Å². The first-order valence-electron chi connectivity index (χ1n) is 9.35. The fraction of sp³-hybridized carbons (Fsp3) is 0.333. The fourth-order valence-electron chi connectivity index (χ4n) is 3.16. The van der Waals surface area contributed by atoms with Crippen molar-refractivity contribution in [3.63, 3.8) is 0 Å². The Hall–Kier alpha value is -3.06. The smallest absolute Gasteiger partial charge is 0.227 e. The number of nitrogens with one attached hydrogen (secondary N) is 1. The second kappa shape index (κ2) is 7.52. The maximum absolute atomic E-state index is 5.39. The van der Waals surface area contributed by atoms with Gasteiger partial charge in [0.1, 0.15) is 5.69 Å². The van der Waals surface area contributed by atoms with Crippen molar-refractivity contribution in [3.8, 4) is 22.5 Å². The Morgan fingerprint density at radius 1 is 1.32 bits per heavy atom. The van der Waals surface area contributed by atoms with Gasteiger partial charge in [-0.3, -0.25) is 9.67 Å². The van der Waals surface area contributed by atoms with E-state index in [0.29, 0.717) is 5.95 Å². The average molecular weight is 376 g/mol. The van der Waals surface area contributed by atoms with Gasteiger partial charge in [0.15, 0.2) is 0 Å². The second-order valence-electron chi connectivity index (χ2n) is 7.50. The molecule has 4 heterocycles. The lowest BCUT2D eigenvalue weighted by molar-refractivity contribution is -0.111. The van der Waals surface area contributed by atoms with Crippen LogP contribution in [0.3, 0.4) is 0 Å². The summed E-state index contributed by atoms with van der Waals surface area (Å²) in [5, 5.41) is 8.07. The Labute approximate surface area is 164 Å². The lowest BCUT2D eigenvalue weighted by atomic mass is 9.89. The summed E-state index contributed by atoms with van der Waals surface area (Å²) >= 11 is 0. The normalized spacial score (nSPS) is 15.9. The third-order valence-electron chi connectivity index (χ3n) is 4.81. The first-order valence-corrected chi connectivity index (χ1v) is 9.35. The van der Waals surface area contributed by atoms with Gasteiger partial charge in [-0.15, -0.1) is 0 Å². The molecule has 28 heavy (non-hydrogen) atoms. The van der Waals surface area contributed by atoms with Crippen molar-refractivity contribution in [2.45, 2.75) is 27.3 Å². The van der Waals surface area contributed by atoms with E-state index in [1.165, 1.54) is 0 Å². The second-order valence-corrected chi connectivity index (χ2v) is 7.50. The van der Waals surface area contributed by atoms with Crippen LogP contribution in [-0.2, 0) is 11.3 Å². The van der Waals surface area contributed by atoms with E-state index in [0.717, 1.165) is 48.0 Å². The van der Waals surface area contributed by atoms with Gasteiger partial charge in [-0.2, -0.15) is 5.10 Å². The molecule has 1 aliphatic rings. The zero-order valence-electron chi connectivity index (χ0n) is 16.4. The van der Waals surface area contributed by atoms with Crippen LogP contribution in [-0.4, -0.2) is 37.9 Å². The van der Waals surface area contributed by atoms with Crippen molar-refractivity contribution < 1.29 is 4.74 Å². The van der Waals surface area contributed by atoms with Crippen LogP contribution < -0.4 is 5.32 Å². The molecule has 0 aliphatic carbocycles. The zero-order chi connectivity index (χ0) is 19.6. The molecule has 0 atom stereocenters. The molecule has 0 spiro atoms. The third-order valence-corrected chi connectivity index (χ3v) is 4.81. The molecule has 3 aromatic heterocycles. The van der Waals surface area contributed by atoms with Gasteiger partial charge < -0.3 is 10.1 Å². The number of ether oxygens (including phenoxy) is 1. The number of rotatable bonds is 6. The standard InChI is InChI=1S/C21H24N6O/c1-4-15(2)24-20-23-9-7-18(25-20)17-11-27(12-21(3)13-28-14-21)26-19(17)16-6-5-8-22-10-16/h4-11H,12-14H2,1-3H3,(H,23,24,25)/b15-4+. The molecular formula is C21H24N6O. The predicted octanol–water partition coefficient (Wildman–Crippen LogP) is 3.77. The zero-order valence-corrected chi connectivity index (χ0v) is 16.4. The molecule has 1 fully saturated rings. The van der Waals surface area contributed by atoms with Crippen molar-refractivity contribution in [1.82, 2.24) is 24.7 Å². The topological polar surface area (TPSA) is 77.8 Å². The van der Waals surface area contributed by atoms with Crippen LogP contribution in [0.15, 0.2) is 54.8 Å². The number of aromatic nitrogens is 5. The minimum Gasteiger partial charge on any atom is -0.380 e. The summed E-state index contributed by atoms with van der Waals surface area (Å²) in [6, 6.07) is 5.84. The average Bonchev–Trinajstić information content (AvgIpc) is 3.11. The Balaban J connectivity index is 1.74. The number of allylic oxidation sites excluding steroid dienone is 2. The molecule has 1 aliphatic heterocycles. The van der Waals surface area contributed by atoms with Crippen molar-refractivity contribution >= 4 is 5.95 Å². The van der Waals surface area contributed by atoms with Crippen LogP contribution in [0.2, 0.25) is 0 Å². The predicted molar refractivity (Wildman–Crippen MR) is 108 cm³/mol. The minimum atomic E-state index is 0.122. The van der Waals surface area contributed by atoms with Gasteiger partial charge in [0.25, 0.3) is 0 Å². The number of pyridine rings is 1. The van der Waals surface area contributed by atoms with E-state index in [-0.39, 0.29) is 5.41 Å². The van der Waals surface area contributed by atoms with Gasteiger partial charge >= 0.3 is 0 Å². The molecule has 0 unspecified atom stereocenters. The molecule has 0 saturated carbocycles. The molecule has 7 nitrogen and oxygen atoms in total. The summed E-state index contributed by atoms with van der Waals surface area (Å²) in [4.78, 5) is 13.3. The van der Waals surface area contributed by atoms with Crippen LogP contribution in [0.5, 0.6) is 0 Å². The number of hydrogen-bond acceptors (Lipinski definition) is 6. The van der Waals surface area contributed by atoms with Gasteiger partial charge in [-0.05, 0) is 32.0 Å². The molecule has 1 saturated heterocycles. The Morgan fingerprint density at radius 3 is 2.86 bits per heavy atom. The Bertz CT molecular complexity index is 991. The summed E-state index contributed by atoms with van der Waals surface area (Å²) < 4.78 is 7.39. The third kappa shape index (κ3) is 3.80. The van der Waals surface area contributed by atoms with Gasteiger partial charge in [0.05, 0.1) is 25.5 Å². The molecule has 144 valence electrons. The largest absolute Gasteiger partial charge is 0.380 e. The van der Waals surface area contributed by atoms with Crippen LogP contribution in [0.25, 0.3) is 22.5 Å². The monoisotopic (exact) mass is 376 g/mol. The van der Waals surface area contributed by atoms with Crippen molar-refractivity contribution in [3.05, 3.63) is 54.8 Å². The van der Waals surface area contributed by atoms with Crippen molar-refractivity contribution in [1.29, 1.82) is 0 Å². The van der Waals surface area contributed by atoms with Gasteiger partial charge in [0, 0.05) is 47.0 Å². The molecule has 0 aromatic carbocycles. The summed E-state index contributed by atoms with van der Waals surface area (Å²) in [6.45, 7) is 8.49. The van der Waals surface area contributed by atoms with E-state index in [4.69, 9.17) is 14.8 Å². The first-order chi connectivity index (χ1) is 13.6. The highest BCUT2D eigenvalue weighted by molar-refractivity contribution is 5.78. The molecule has 3 aromatic rings. The molecule has 7 heteroatoms. The maximum atomic E-state index is 5.39. The molecule has 0 bridgehead atoms. The number of anilines is 1. The molecule has 0 radical (unpaired) electrons. The highest BCUT2D eigenvalue weighted by atomic mass is 16.5. The fourth-order valence-corrected chi connectivity index (χ4v) is 3.16. The van der Waals surface area contributed by atoms with Gasteiger partial charge in [-0.25, -0.2) is 9.97 Å². The molecule has 0 amide bonds.